The van der Waals surface area contributed by atoms with Gasteiger partial charge in [0, 0.05) is 18.6 Å². The number of ether oxygens (including phenoxy) is 4. The Morgan fingerprint density at radius 2 is 1.70 bits per heavy atom. The number of anilines is 1. The van der Waals surface area contributed by atoms with Crippen molar-refractivity contribution in [2.24, 2.45) is 5.41 Å². The summed E-state index contributed by atoms with van der Waals surface area (Å²) in [6, 6.07) is 3.00. The minimum atomic E-state index is -0.969. The molecule has 1 saturated carbocycles. The van der Waals surface area contributed by atoms with E-state index < -0.39 is 17.9 Å². The molecule has 1 amide bonds. The third-order valence-electron chi connectivity index (χ3n) is 5.04. The second-order valence-electron chi connectivity index (χ2n) is 7.32. The second kappa shape index (κ2) is 11.7. The third-order valence-corrected chi connectivity index (χ3v) is 5.90. The highest BCUT2D eigenvalue weighted by molar-refractivity contribution is 6.45. The maximum atomic E-state index is 12.7. The number of halogens is 2. The lowest BCUT2D eigenvalue weighted by Gasteiger charge is -2.32. The van der Waals surface area contributed by atoms with Gasteiger partial charge in [0.15, 0.2) is 12.0 Å². The first-order valence-electron chi connectivity index (χ1n) is 10.2. The highest BCUT2D eigenvalue weighted by Gasteiger charge is 2.35. The monoisotopic (exact) mass is 461 g/mol. The van der Waals surface area contributed by atoms with Crippen LogP contribution in [0.5, 0.6) is 5.75 Å². The van der Waals surface area contributed by atoms with E-state index in [0.29, 0.717) is 18.9 Å². The molecule has 30 heavy (non-hydrogen) atoms. The van der Waals surface area contributed by atoms with Crippen molar-refractivity contribution in [3.63, 3.8) is 0 Å². The van der Waals surface area contributed by atoms with Crippen LogP contribution in [0.1, 0.15) is 52.9 Å². The number of hydrogen-bond donors (Lipinski definition) is 1. The van der Waals surface area contributed by atoms with Crippen LogP contribution in [0.2, 0.25) is 10.0 Å². The Morgan fingerprint density at radius 1 is 1.07 bits per heavy atom. The van der Waals surface area contributed by atoms with E-state index in [4.69, 9.17) is 42.1 Å². The fourth-order valence-electron chi connectivity index (χ4n) is 3.31. The number of amides is 1. The average molecular weight is 462 g/mol. The molecule has 0 saturated heterocycles. The summed E-state index contributed by atoms with van der Waals surface area (Å²) in [4.78, 5) is 24.7. The summed E-state index contributed by atoms with van der Waals surface area (Å²) < 4.78 is 20.7. The highest BCUT2D eigenvalue weighted by atomic mass is 35.5. The molecule has 9 heteroatoms. The molecule has 7 nitrogen and oxygen atoms in total. The normalized spacial score (nSPS) is 15.7. The van der Waals surface area contributed by atoms with Crippen LogP contribution in [-0.2, 0) is 19.0 Å². The molecule has 1 aromatic rings. The van der Waals surface area contributed by atoms with Crippen molar-refractivity contribution in [2.75, 3.05) is 25.1 Å². The van der Waals surface area contributed by atoms with Crippen LogP contribution in [0.25, 0.3) is 0 Å². The van der Waals surface area contributed by atoms with Gasteiger partial charge >= 0.3 is 6.16 Å². The zero-order valence-corrected chi connectivity index (χ0v) is 19.1. The first-order chi connectivity index (χ1) is 14.3. The number of carbonyl (C=O) groups is 2. The molecule has 1 aromatic carbocycles. The molecule has 0 aromatic heterocycles. The van der Waals surface area contributed by atoms with E-state index in [1.807, 2.05) is 6.92 Å². The van der Waals surface area contributed by atoms with Crippen molar-refractivity contribution < 1.29 is 28.5 Å². The predicted octanol–water partition coefficient (Wildman–Crippen LogP) is 5.82. The van der Waals surface area contributed by atoms with Crippen molar-refractivity contribution in [1.82, 2.24) is 0 Å². The van der Waals surface area contributed by atoms with Crippen molar-refractivity contribution in [3.8, 4) is 5.75 Å². The van der Waals surface area contributed by atoms with Crippen LogP contribution in [-0.4, -0.2) is 38.2 Å². The van der Waals surface area contributed by atoms with E-state index in [0.717, 1.165) is 32.1 Å². The molecule has 0 atom stereocenters. The fraction of sp³-hybridized carbons (Fsp3) is 0.619. The summed E-state index contributed by atoms with van der Waals surface area (Å²) in [5.41, 5.74) is -0.0584. The lowest BCUT2D eigenvalue weighted by Crippen LogP contribution is -2.35. The zero-order chi connectivity index (χ0) is 22.1. The van der Waals surface area contributed by atoms with Gasteiger partial charge in [-0.1, -0.05) is 49.4 Å². The van der Waals surface area contributed by atoms with Crippen LogP contribution >= 0.6 is 23.2 Å². The third kappa shape index (κ3) is 6.74. The van der Waals surface area contributed by atoms with Gasteiger partial charge in [0.25, 0.3) is 0 Å². The molecule has 0 aliphatic heterocycles. The Bertz CT molecular complexity index is 730. The summed E-state index contributed by atoms with van der Waals surface area (Å²) in [5.74, 6) is -0.0657. The first kappa shape index (κ1) is 24.7. The molecular weight excluding hydrogens is 433 g/mol. The summed E-state index contributed by atoms with van der Waals surface area (Å²) >= 11 is 12.5. The molecule has 0 unspecified atom stereocenters. The van der Waals surface area contributed by atoms with Gasteiger partial charge in [-0.3, -0.25) is 4.79 Å². The van der Waals surface area contributed by atoms with Gasteiger partial charge < -0.3 is 24.3 Å². The molecule has 0 spiro atoms. The predicted molar refractivity (Wildman–Crippen MR) is 115 cm³/mol. The number of rotatable bonds is 9. The lowest BCUT2D eigenvalue weighted by atomic mass is 9.75. The molecular formula is C21H29Cl2NO6. The van der Waals surface area contributed by atoms with Gasteiger partial charge in [0.2, 0.25) is 5.91 Å². The van der Waals surface area contributed by atoms with Crippen molar-refractivity contribution in [1.29, 1.82) is 0 Å². The topological polar surface area (TPSA) is 83.1 Å². The van der Waals surface area contributed by atoms with Gasteiger partial charge in [-0.2, -0.15) is 0 Å². The van der Waals surface area contributed by atoms with E-state index in [1.165, 1.54) is 6.07 Å². The molecule has 168 valence electrons. The molecule has 1 aliphatic carbocycles. The molecule has 2 rings (SSSR count). The maximum absolute atomic E-state index is 12.7. The molecule has 1 fully saturated rings. The Kier molecular flexibility index (Phi) is 9.68. The molecule has 1 N–H and O–H groups in total. The summed E-state index contributed by atoms with van der Waals surface area (Å²) in [6.07, 6.45) is 3.23. The molecule has 0 bridgehead atoms. The van der Waals surface area contributed by atoms with Gasteiger partial charge in [-0.15, -0.1) is 0 Å². The fourth-order valence-corrected chi connectivity index (χ4v) is 3.72. The zero-order valence-electron chi connectivity index (χ0n) is 17.6. The van der Waals surface area contributed by atoms with E-state index >= 15 is 0 Å². The maximum Gasteiger partial charge on any atom is 0.514 e. The smallest absolute Gasteiger partial charge is 0.429 e. The average Bonchev–Trinajstić information content (AvgIpc) is 2.72. The summed E-state index contributed by atoms with van der Waals surface area (Å²) in [6.45, 7) is 6.27. The minimum absolute atomic E-state index is 0.00591. The Morgan fingerprint density at radius 3 is 2.30 bits per heavy atom. The van der Waals surface area contributed by atoms with Gasteiger partial charge in [0.05, 0.1) is 10.7 Å². The Hall–Kier alpha value is -1.54. The summed E-state index contributed by atoms with van der Waals surface area (Å²) in [7, 11) is 0. The summed E-state index contributed by atoms with van der Waals surface area (Å²) in [5, 5.41) is 2.95. The van der Waals surface area contributed by atoms with Crippen LogP contribution < -0.4 is 10.1 Å². The molecule has 0 radical (unpaired) electrons. The molecule has 1 aliphatic rings. The SMILES string of the molecule is CCOC(COC(=O)Oc1ccc(NC(=O)C2(C)CCCCC2)c(Cl)c1Cl)OCC. The van der Waals surface area contributed by atoms with E-state index in [-0.39, 0.29) is 28.3 Å². The van der Waals surface area contributed by atoms with Gasteiger partial charge in [-0.25, -0.2) is 4.79 Å². The lowest BCUT2D eigenvalue weighted by molar-refractivity contribution is -0.159. The van der Waals surface area contributed by atoms with Gasteiger partial charge in [-0.05, 0) is 38.8 Å². The van der Waals surface area contributed by atoms with Crippen molar-refractivity contribution >= 4 is 41.0 Å². The number of nitrogens with one attached hydrogen (secondary N) is 1. The largest absolute Gasteiger partial charge is 0.514 e. The van der Waals surface area contributed by atoms with Crippen LogP contribution in [0.4, 0.5) is 10.5 Å². The molecule has 0 heterocycles. The quantitative estimate of drug-likeness (QED) is 0.283. The number of carbonyl (C=O) groups excluding carboxylic acids is 2. The van der Waals surface area contributed by atoms with E-state index in [1.54, 1.807) is 19.9 Å². The first-order valence-corrected chi connectivity index (χ1v) is 10.9. The number of hydrogen-bond acceptors (Lipinski definition) is 6. The Labute approximate surface area is 187 Å². The standard InChI is InChI=1S/C21H29Cl2NO6/c1-4-27-16(28-5-2)13-29-20(26)30-15-10-9-14(17(22)18(15)23)24-19(25)21(3)11-7-6-8-12-21/h9-10,16H,4-8,11-13H2,1-3H3,(H,24,25). The van der Waals surface area contributed by atoms with Crippen molar-refractivity contribution in [2.45, 2.75) is 59.2 Å². The van der Waals surface area contributed by atoms with Gasteiger partial charge in [0.1, 0.15) is 11.6 Å². The second-order valence-corrected chi connectivity index (χ2v) is 8.07. The van der Waals surface area contributed by atoms with Crippen LogP contribution in [0.3, 0.4) is 0 Å². The van der Waals surface area contributed by atoms with Crippen LogP contribution in [0, 0.1) is 5.41 Å². The minimum Gasteiger partial charge on any atom is -0.429 e. The van der Waals surface area contributed by atoms with E-state index in [9.17, 15) is 9.59 Å². The van der Waals surface area contributed by atoms with E-state index in [2.05, 4.69) is 5.32 Å². The van der Waals surface area contributed by atoms with Crippen molar-refractivity contribution in [3.05, 3.63) is 22.2 Å². The highest BCUT2D eigenvalue weighted by Crippen LogP contribution is 2.40. The van der Waals surface area contributed by atoms with Crippen LogP contribution in [0.15, 0.2) is 12.1 Å². The number of benzene rings is 1. The Balaban J connectivity index is 1.98.